The summed E-state index contributed by atoms with van der Waals surface area (Å²) in [4.78, 5) is 11.9. The summed E-state index contributed by atoms with van der Waals surface area (Å²) >= 11 is 0. The molecule has 2 atom stereocenters. The Morgan fingerprint density at radius 2 is 1.94 bits per heavy atom. The van der Waals surface area contributed by atoms with Crippen molar-refractivity contribution in [2.75, 3.05) is 6.61 Å². The standard InChI is InChI=1S/C12H20F2O4/c1-6-9(2,3)8(15)18-10(4)7-17-11(5,16)12(10,13)14/h16H,6-7H2,1-5H3. The second kappa shape index (κ2) is 4.13. The second-order valence-corrected chi connectivity index (χ2v) is 5.70. The van der Waals surface area contributed by atoms with Crippen LogP contribution in [-0.4, -0.2) is 35.0 Å². The predicted octanol–water partition coefficient (Wildman–Crippen LogP) is 2.10. The van der Waals surface area contributed by atoms with Gasteiger partial charge in [-0.1, -0.05) is 6.92 Å². The topological polar surface area (TPSA) is 55.8 Å². The number of hydrogen-bond acceptors (Lipinski definition) is 4. The monoisotopic (exact) mass is 266 g/mol. The van der Waals surface area contributed by atoms with E-state index in [1.807, 2.05) is 0 Å². The molecule has 0 amide bonds. The van der Waals surface area contributed by atoms with Crippen LogP contribution in [0.3, 0.4) is 0 Å². The number of alkyl halides is 2. The van der Waals surface area contributed by atoms with Crippen LogP contribution in [0.25, 0.3) is 0 Å². The van der Waals surface area contributed by atoms with Crippen LogP contribution in [0.15, 0.2) is 0 Å². The van der Waals surface area contributed by atoms with Crippen molar-refractivity contribution < 1.29 is 28.2 Å². The van der Waals surface area contributed by atoms with Gasteiger partial charge < -0.3 is 14.6 Å². The first-order valence-corrected chi connectivity index (χ1v) is 5.87. The van der Waals surface area contributed by atoms with E-state index in [0.29, 0.717) is 6.42 Å². The molecule has 0 aromatic rings. The van der Waals surface area contributed by atoms with Crippen molar-refractivity contribution in [1.82, 2.24) is 0 Å². The first-order chi connectivity index (χ1) is 7.90. The van der Waals surface area contributed by atoms with Gasteiger partial charge in [0.1, 0.15) is 0 Å². The highest BCUT2D eigenvalue weighted by molar-refractivity contribution is 5.76. The molecule has 0 aromatic carbocycles. The molecule has 1 aliphatic heterocycles. The Kier molecular flexibility index (Phi) is 3.51. The Balaban J connectivity index is 2.95. The van der Waals surface area contributed by atoms with E-state index < -0.39 is 35.3 Å². The van der Waals surface area contributed by atoms with Crippen molar-refractivity contribution in [2.45, 2.75) is 58.4 Å². The molecule has 0 aliphatic carbocycles. The normalized spacial score (nSPS) is 35.6. The number of aliphatic hydroxyl groups is 1. The molecule has 0 aromatic heterocycles. The zero-order valence-corrected chi connectivity index (χ0v) is 11.3. The summed E-state index contributed by atoms with van der Waals surface area (Å²) in [6.07, 6.45) is 0.463. The van der Waals surface area contributed by atoms with Gasteiger partial charge in [0.25, 0.3) is 0 Å². The number of carbonyl (C=O) groups is 1. The number of carbonyl (C=O) groups excluding carboxylic acids is 1. The molecule has 106 valence electrons. The summed E-state index contributed by atoms with van der Waals surface area (Å²) in [7, 11) is 0. The van der Waals surface area contributed by atoms with Crippen LogP contribution in [-0.2, 0) is 14.3 Å². The first kappa shape index (κ1) is 15.3. The van der Waals surface area contributed by atoms with Crippen molar-refractivity contribution in [2.24, 2.45) is 5.41 Å². The lowest BCUT2D eigenvalue weighted by atomic mass is 9.89. The lowest BCUT2D eigenvalue weighted by molar-refractivity contribution is -0.284. The van der Waals surface area contributed by atoms with Gasteiger partial charge in [0, 0.05) is 0 Å². The van der Waals surface area contributed by atoms with E-state index in [1.165, 1.54) is 0 Å². The zero-order valence-electron chi connectivity index (χ0n) is 11.3. The second-order valence-electron chi connectivity index (χ2n) is 5.70. The molecule has 2 unspecified atom stereocenters. The maximum absolute atomic E-state index is 14.0. The highest BCUT2D eigenvalue weighted by Gasteiger charge is 2.71. The third kappa shape index (κ3) is 2.12. The summed E-state index contributed by atoms with van der Waals surface area (Å²) in [5.41, 5.74) is -3.01. The molecule has 0 spiro atoms. The van der Waals surface area contributed by atoms with Gasteiger partial charge in [0.2, 0.25) is 11.4 Å². The average Bonchev–Trinajstić information content (AvgIpc) is 2.39. The molecule has 1 rings (SSSR count). The summed E-state index contributed by atoms with van der Waals surface area (Å²) in [5.74, 6) is -7.02. The van der Waals surface area contributed by atoms with Crippen LogP contribution in [0.2, 0.25) is 0 Å². The Hall–Kier alpha value is -0.750. The lowest BCUT2D eigenvalue weighted by Gasteiger charge is -2.35. The van der Waals surface area contributed by atoms with Gasteiger partial charge in [-0.25, -0.2) is 0 Å². The summed E-state index contributed by atoms with van der Waals surface area (Å²) in [5, 5.41) is 9.47. The summed E-state index contributed by atoms with van der Waals surface area (Å²) in [6.45, 7) is 6.38. The maximum atomic E-state index is 14.0. The van der Waals surface area contributed by atoms with Crippen molar-refractivity contribution in [3.05, 3.63) is 0 Å². The number of rotatable bonds is 3. The van der Waals surface area contributed by atoms with Crippen LogP contribution in [0.4, 0.5) is 8.78 Å². The largest absolute Gasteiger partial charge is 0.450 e. The van der Waals surface area contributed by atoms with Crippen LogP contribution in [0, 0.1) is 5.41 Å². The van der Waals surface area contributed by atoms with E-state index in [0.717, 1.165) is 13.8 Å². The fourth-order valence-electron chi connectivity index (χ4n) is 1.53. The average molecular weight is 266 g/mol. The molecule has 1 aliphatic rings. The highest BCUT2D eigenvalue weighted by atomic mass is 19.3. The third-order valence-electron chi connectivity index (χ3n) is 3.63. The van der Waals surface area contributed by atoms with Crippen molar-refractivity contribution >= 4 is 5.97 Å². The van der Waals surface area contributed by atoms with Gasteiger partial charge in [0.05, 0.1) is 12.0 Å². The number of ether oxygens (including phenoxy) is 2. The summed E-state index contributed by atoms with van der Waals surface area (Å²) in [6, 6.07) is 0. The molecule has 1 N–H and O–H groups in total. The number of esters is 1. The van der Waals surface area contributed by atoms with E-state index in [-0.39, 0.29) is 0 Å². The van der Waals surface area contributed by atoms with Gasteiger partial charge in [-0.3, -0.25) is 4.79 Å². The molecule has 0 radical (unpaired) electrons. The quantitative estimate of drug-likeness (QED) is 0.795. The van der Waals surface area contributed by atoms with E-state index in [1.54, 1.807) is 20.8 Å². The Morgan fingerprint density at radius 1 is 1.44 bits per heavy atom. The Morgan fingerprint density at radius 3 is 2.28 bits per heavy atom. The minimum absolute atomic E-state index is 0.463. The molecule has 0 bridgehead atoms. The Labute approximate surface area is 105 Å². The molecular formula is C12H20F2O4. The van der Waals surface area contributed by atoms with Crippen LogP contribution in [0.1, 0.15) is 41.0 Å². The van der Waals surface area contributed by atoms with Crippen molar-refractivity contribution in [3.63, 3.8) is 0 Å². The number of halogens is 2. The van der Waals surface area contributed by atoms with Gasteiger partial charge >= 0.3 is 11.9 Å². The minimum Gasteiger partial charge on any atom is -0.450 e. The highest BCUT2D eigenvalue weighted by Crippen LogP contribution is 2.48. The molecule has 18 heavy (non-hydrogen) atoms. The molecule has 6 heteroatoms. The molecular weight excluding hydrogens is 246 g/mol. The zero-order chi connectivity index (χ0) is 14.4. The van der Waals surface area contributed by atoms with Gasteiger partial charge in [-0.2, -0.15) is 8.78 Å². The van der Waals surface area contributed by atoms with E-state index in [2.05, 4.69) is 4.74 Å². The van der Waals surface area contributed by atoms with E-state index in [9.17, 15) is 18.7 Å². The molecule has 1 heterocycles. The molecule has 1 fully saturated rings. The fraction of sp³-hybridized carbons (Fsp3) is 0.917. The van der Waals surface area contributed by atoms with E-state index in [4.69, 9.17) is 4.74 Å². The first-order valence-electron chi connectivity index (χ1n) is 5.87. The molecule has 0 saturated carbocycles. The van der Waals surface area contributed by atoms with Crippen molar-refractivity contribution in [3.8, 4) is 0 Å². The maximum Gasteiger partial charge on any atom is 0.340 e. The van der Waals surface area contributed by atoms with Crippen LogP contribution >= 0.6 is 0 Å². The molecule has 4 nitrogen and oxygen atoms in total. The Bertz CT molecular complexity index is 352. The third-order valence-corrected chi connectivity index (χ3v) is 3.63. The van der Waals surface area contributed by atoms with Crippen molar-refractivity contribution in [1.29, 1.82) is 0 Å². The van der Waals surface area contributed by atoms with E-state index >= 15 is 0 Å². The number of hydrogen-bond donors (Lipinski definition) is 1. The minimum atomic E-state index is -3.67. The van der Waals surface area contributed by atoms with Crippen LogP contribution in [0.5, 0.6) is 0 Å². The fourth-order valence-corrected chi connectivity index (χ4v) is 1.53. The molecule has 1 saturated heterocycles. The summed E-state index contributed by atoms with van der Waals surface area (Å²) < 4.78 is 37.5. The van der Waals surface area contributed by atoms with Gasteiger partial charge in [-0.15, -0.1) is 0 Å². The van der Waals surface area contributed by atoms with Gasteiger partial charge in [-0.05, 0) is 34.1 Å². The predicted molar refractivity (Wildman–Crippen MR) is 60.1 cm³/mol. The lowest BCUT2D eigenvalue weighted by Crippen LogP contribution is -2.56. The van der Waals surface area contributed by atoms with Crippen LogP contribution < -0.4 is 0 Å². The smallest absolute Gasteiger partial charge is 0.340 e. The van der Waals surface area contributed by atoms with Gasteiger partial charge in [0.15, 0.2) is 0 Å². The SMILES string of the molecule is CCC(C)(C)C(=O)OC1(C)COC(C)(O)C1(F)F.